The van der Waals surface area contributed by atoms with E-state index >= 15 is 0 Å². The molecule has 2 heterocycles. The minimum atomic E-state index is 0.523. The number of ether oxygens (including phenoxy) is 2. The summed E-state index contributed by atoms with van der Waals surface area (Å²) >= 11 is 1.61. The largest absolute Gasteiger partial charge is 0.497 e. The first-order valence-electron chi connectivity index (χ1n) is 9.99. The van der Waals surface area contributed by atoms with Gasteiger partial charge in [0.15, 0.2) is 5.96 Å². The minimum Gasteiger partial charge on any atom is -0.497 e. The van der Waals surface area contributed by atoms with Crippen molar-refractivity contribution < 1.29 is 13.9 Å². The molecule has 0 saturated heterocycles. The highest BCUT2D eigenvalue weighted by atomic mass is 32.1. The molecule has 30 heavy (non-hydrogen) atoms. The molecule has 0 radical (unpaired) electrons. The van der Waals surface area contributed by atoms with Gasteiger partial charge in [-0.2, -0.15) is 0 Å². The van der Waals surface area contributed by atoms with Crippen LogP contribution < -0.4 is 15.4 Å². The lowest BCUT2D eigenvalue weighted by Gasteiger charge is -2.12. The molecule has 8 heteroatoms. The summed E-state index contributed by atoms with van der Waals surface area (Å²) in [4.78, 5) is 10.3. The van der Waals surface area contributed by atoms with E-state index < -0.39 is 0 Å². The number of rotatable bonds is 11. The number of aliphatic imine (C=N–C) groups is 1. The van der Waals surface area contributed by atoms with Crippen LogP contribution in [0.25, 0.3) is 10.8 Å². The molecule has 0 fully saturated rings. The van der Waals surface area contributed by atoms with Crippen molar-refractivity contribution in [3.05, 3.63) is 59.3 Å². The van der Waals surface area contributed by atoms with Crippen LogP contribution in [0, 0.1) is 0 Å². The van der Waals surface area contributed by atoms with Gasteiger partial charge in [0.25, 0.3) is 0 Å². The summed E-state index contributed by atoms with van der Waals surface area (Å²) in [5.74, 6) is 2.20. The molecule has 0 atom stereocenters. The van der Waals surface area contributed by atoms with Gasteiger partial charge in [0.2, 0.25) is 5.89 Å². The van der Waals surface area contributed by atoms with Crippen LogP contribution in [0.1, 0.15) is 24.6 Å². The number of methoxy groups -OCH3 is 1. The smallest absolute Gasteiger partial charge is 0.236 e. The van der Waals surface area contributed by atoms with E-state index in [2.05, 4.69) is 15.6 Å². The van der Waals surface area contributed by atoms with Crippen LogP contribution in [0.3, 0.4) is 0 Å². The van der Waals surface area contributed by atoms with E-state index in [1.807, 2.05) is 48.7 Å². The molecule has 3 rings (SSSR count). The Hall–Kier alpha value is -2.84. The van der Waals surface area contributed by atoms with Crippen molar-refractivity contribution in [2.24, 2.45) is 4.99 Å². The van der Waals surface area contributed by atoms with Crippen molar-refractivity contribution in [1.29, 1.82) is 0 Å². The molecular formula is C22H28N4O3S. The zero-order valence-corrected chi connectivity index (χ0v) is 18.2. The number of nitrogens with one attached hydrogen (secondary N) is 2. The summed E-state index contributed by atoms with van der Waals surface area (Å²) in [7, 11) is 1.66. The molecule has 0 aliphatic carbocycles. The Balaban J connectivity index is 1.58. The maximum absolute atomic E-state index is 5.59. The molecule has 2 N–H and O–H groups in total. The van der Waals surface area contributed by atoms with Gasteiger partial charge in [0.05, 0.1) is 30.8 Å². The molecule has 0 saturated carbocycles. The van der Waals surface area contributed by atoms with Crippen LogP contribution in [0.15, 0.2) is 57.5 Å². The van der Waals surface area contributed by atoms with Crippen LogP contribution in [0.5, 0.6) is 5.75 Å². The number of guanidine groups is 1. The van der Waals surface area contributed by atoms with E-state index in [-0.39, 0.29) is 0 Å². The number of oxazole rings is 1. The third kappa shape index (κ3) is 6.89. The van der Waals surface area contributed by atoms with Crippen LogP contribution in [0.4, 0.5) is 0 Å². The predicted octanol–water partition coefficient (Wildman–Crippen LogP) is 4.07. The Morgan fingerprint density at radius 3 is 2.80 bits per heavy atom. The Morgan fingerprint density at radius 2 is 2.07 bits per heavy atom. The van der Waals surface area contributed by atoms with Crippen molar-refractivity contribution in [3.63, 3.8) is 0 Å². The van der Waals surface area contributed by atoms with Crippen molar-refractivity contribution >= 4 is 17.3 Å². The van der Waals surface area contributed by atoms with E-state index in [4.69, 9.17) is 18.9 Å². The summed E-state index contributed by atoms with van der Waals surface area (Å²) in [5, 5.41) is 8.69. The molecule has 160 valence electrons. The van der Waals surface area contributed by atoms with Gasteiger partial charge in [-0.1, -0.05) is 18.2 Å². The highest BCUT2D eigenvalue weighted by Gasteiger charge is 2.08. The Bertz CT molecular complexity index is 892. The molecule has 0 bridgehead atoms. The average molecular weight is 429 g/mol. The molecule has 7 nitrogen and oxygen atoms in total. The highest BCUT2D eigenvalue weighted by molar-refractivity contribution is 7.13. The SMILES string of the molecule is CCOCCCNC(=NCc1ccc(OC)cc1)NCc1coc(-c2cccs2)n1. The number of thiophene rings is 1. The molecule has 0 unspecified atom stereocenters. The lowest BCUT2D eigenvalue weighted by molar-refractivity contribution is 0.145. The van der Waals surface area contributed by atoms with Gasteiger partial charge >= 0.3 is 0 Å². The van der Waals surface area contributed by atoms with E-state index in [1.54, 1.807) is 24.7 Å². The second-order valence-electron chi connectivity index (χ2n) is 6.47. The first kappa shape index (κ1) is 21.9. The summed E-state index contributed by atoms with van der Waals surface area (Å²) in [6.45, 7) is 5.31. The van der Waals surface area contributed by atoms with Gasteiger partial charge in [-0.25, -0.2) is 9.98 Å². The maximum Gasteiger partial charge on any atom is 0.236 e. The minimum absolute atomic E-state index is 0.523. The Morgan fingerprint density at radius 1 is 1.20 bits per heavy atom. The summed E-state index contributed by atoms with van der Waals surface area (Å²) in [5.41, 5.74) is 1.93. The van der Waals surface area contributed by atoms with Gasteiger partial charge < -0.3 is 24.5 Å². The second kappa shape index (κ2) is 12.0. The number of benzene rings is 1. The first-order valence-corrected chi connectivity index (χ1v) is 10.9. The van der Waals surface area contributed by atoms with Crippen molar-refractivity contribution in [2.45, 2.75) is 26.4 Å². The molecular weight excluding hydrogens is 400 g/mol. The van der Waals surface area contributed by atoms with Gasteiger partial charge in [-0.15, -0.1) is 11.3 Å². The van der Waals surface area contributed by atoms with Crippen molar-refractivity contribution in [1.82, 2.24) is 15.6 Å². The van der Waals surface area contributed by atoms with E-state index in [9.17, 15) is 0 Å². The maximum atomic E-state index is 5.59. The quantitative estimate of drug-likeness (QED) is 0.272. The predicted molar refractivity (Wildman–Crippen MR) is 120 cm³/mol. The molecule has 0 aliphatic heterocycles. The van der Waals surface area contributed by atoms with Crippen LogP contribution in [0.2, 0.25) is 0 Å². The molecule has 0 aliphatic rings. The topological polar surface area (TPSA) is 80.9 Å². The lowest BCUT2D eigenvalue weighted by Crippen LogP contribution is -2.38. The van der Waals surface area contributed by atoms with Crippen LogP contribution in [-0.4, -0.2) is 37.8 Å². The van der Waals surface area contributed by atoms with Crippen molar-refractivity contribution in [3.8, 4) is 16.5 Å². The summed E-state index contributed by atoms with van der Waals surface area (Å²) in [6, 6.07) is 11.9. The number of aromatic nitrogens is 1. The second-order valence-corrected chi connectivity index (χ2v) is 7.41. The van der Waals surface area contributed by atoms with Gasteiger partial charge in [-0.3, -0.25) is 0 Å². The third-order valence-corrected chi connectivity index (χ3v) is 5.12. The van der Waals surface area contributed by atoms with Gasteiger partial charge in [0.1, 0.15) is 12.0 Å². The monoisotopic (exact) mass is 428 g/mol. The summed E-state index contributed by atoms with van der Waals surface area (Å²) in [6.07, 6.45) is 2.59. The number of hydrogen-bond donors (Lipinski definition) is 2. The van der Waals surface area contributed by atoms with E-state index in [1.165, 1.54) is 0 Å². The normalized spacial score (nSPS) is 11.5. The average Bonchev–Trinajstić information content (AvgIpc) is 3.47. The summed E-state index contributed by atoms with van der Waals surface area (Å²) < 4.78 is 16.2. The zero-order valence-electron chi connectivity index (χ0n) is 17.4. The molecule has 2 aromatic heterocycles. The molecule has 0 amide bonds. The Labute approximate surface area is 181 Å². The Kier molecular flexibility index (Phi) is 8.74. The van der Waals surface area contributed by atoms with Crippen LogP contribution in [-0.2, 0) is 17.8 Å². The number of nitrogens with zero attached hydrogens (tertiary/aromatic N) is 2. The fourth-order valence-corrected chi connectivity index (χ4v) is 3.33. The fraction of sp³-hybridized carbons (Fsp3) is 0.364. The zero-order chi connectivity index (χ0) is 21.0. The third-order valence-electron chi connectivity index (χ3n) is 4.26. The van der Waals surface area contributed by atoms with Crippen LogP contribution >= 0.6 is 11.3 Å². The standard InChI is InChI=1S/C22H28N4O3S/c1-3-28-12-5-11-23-22(24-14-17-7-9-19(27-2)10-8-17)25-15-18-16-29-21(26-18)20-6-4-13-30-20/h4,6-10,13,16H,3,5,11-12,14-15H2,1-2H3,(H2,23,24,25). The molecule has 1 aromatic carbocycles. The highest BCUT2D eigenvalue weighted by Crippen LogP contribution is 2.23. The molecule has 0 spiro atoms. The van der Waals surface area contributed by atoms with Crippen molar-refractivity contribution in [2.75, 3.05) is 26.9 Å². The van der Waals surface area contributed by atoms with E-state index in [0.29, 0.717) is 19.0 Å². The first-order chi connectivity index (χ1) is 14.8. The number of hydrogen-bond acceptors (Lipinski definition) is 6. The fourth-order valence-electron chi connectivity index (χ4n) is 2.68. The molecule has 3 aromatic rings. The lowest BCUT2D eigenvalue weighted by atomic mass is 10.2. The van der Waals surface area contributed by atoms with Gasteiger partial charge in [0, 0.05) is 19.8 Å². The van der Waals surface area contributed by atoms with E-state index in [0.717, 1.165) is 54.0 Å². The van der Waals surface area contributed by atoms with Gasteiger partial charge in [-0.05, 0) is 42.5 Å².